The van der Waals surface area contributed by atoms with E-state index in [0.717, 1.165) is 15.7 Å². The van der Waals surface area contributed by atoms with E-state index in [4.69, 9.17) is 0 Å². The topological polar surface area (TPSA) is 75.5 Å². The summed E-state index contributed by atoms with van der Waals surface area (Å²) in [5.41, 5.74) is 4.20. The van der Waals surface area contributed by atoms with Crippen LogP contribution >= 0.6 is 15.9 Å². The number of aromatic nitrogens is 2. The first-order valence-electron chi connectivity index (χ1n) is 8.25. The van der Waals surface area contributed by atoms with Crippen molar-refractivity contribution in [2.24, 2.45) is 0 Å². The highest BCUT2D eigenvalue weighted by molar-refractivity contribution is 9.10. The molecule has 0 saturated carbocycles. The Morgan fingerprint density at radius 1 is 1.19 bits per heavy atom. The van der Waals surface area contributed by atoms with E-state index >= 15 is 0 Å². The molecule has 0 spiro atoms. The Kier molecular flexibility index (Phi) is 5.08. The minimum Gasteiger partial charge on any atom is -0.326 e. The van der Waals surface area contributed by atoms with E-state index in [9.17, 15) is 9.59 Å². The predicted octanol–water partition coefficient (Wildman–Crippen LogP) is 4.18. The maximum Gasteiger partial charge on any atom is 0.274 e. The lowest BCUT2D eigenvalue weighted by Crippen LogP contribution is -2.16. The summed E-state index contributed by atoms with van der Waals surface area (Å²) in [6.45, 7) is 5.38. The SMILES string of the molecule is CCc1nc2c(Br)cc(C)cn2c1C(=O)Nc1cccc(NC(C)=O)c1. The zero-order valence-electron chi connectivity index (χ0n) is 14.8. The average Bonchev–Trinajstić information content (AvgIpc) is 2.93. The summed E-state index contributed by atoms with van der Waals surface area (Å²) in [7, 11) is 0. The number of hydrogen-bond acceptors (Lipinski definition) is 3. The van der Waals surface area contributed by atoms with Crippen molar-refractivity contribution in [2.45, 2.75) is 27.2 Å². The first-order chi connectivity index (χ1) is 12.4. The van der Waals surface area contributed by atoms with Crippen LogP contribution in [0, 0.1) is 6.92 Å². The Balaban J connectivity index is 1.99. The summed E-state index contributed by atoms with van der Waals surface area (Å²) in [5, 5.41) is 5.60. The minimum atomic E-state index is -0.244. The number of anilines is 2. The molecule has 0 saturated heterocycles. The quantitative estimate of drug-likeness (QED) is 0.672. The number of fused-ring (bicyclic) bond motifs is 1. The molecule has 134 valence electrons. The van der Waals surface area contributed by atoms with Crippen molar-refractivity contribution in [3.63, 3.8) is 0 Å². The number of aryl methyl sites for hydroxylation is 2. The third-order valence-corrected chi connectivity index (χ3v) is 4.46. The van der Waals surface area contributed by atoms with Crippen LogP contribution in [0.5, 0.6) is 0 Å². The van der Waals surface area contributed by atoms with Crippen LogP contribution in [0.25, 0.3) is 5.65 Å². The smallest absolute Gasteiger partial charge is 0.274 e. The van der Waals surface area contributed by atoms with Gasteiger partial charge in [-0.2, -0.15) is 0 Å². The van der Waals surface area contributed by atoms with E-state index in [2.05, 4.69) is 31.5 Å². The average molecular weight is 415 g/mol. The standard InChI is InChI=1S/C19H19BrN4O2/c1-4-16-17(24-10-11(2)8-15(20)18(24)23-16)19(26)22-14-7-5-6-13(9-14)21-12(3)25/h5-10H,4H2,1-3H3,(H,21,25)(H,22,26). The van der Waals surface area contributed by atoms with Gasteiger partial charge in [0.1, 0.15) is 5.69 Å². The molecule has 2 aromatic heterocycles. The molecule has 2 N–H and O–H groups in total. The number of amides is 2. The second-order valence-corrected chi connectivity index (χ2v) is 6.89. The molecule has 0 atom stereocenters. The van der Waals surface area contributed by atoms with Crippen LogP contribution in [0.15, 0.2) is 41.0 Å². The minimum absolute atomic E-state index is 0.163. The molecule has 7 heteroatoms. The molecule has 2 amide bonds. The maximum atomic E-state index is 13.0. The molecule has 0 bridgehead atoms. The number of rotatable bonds is 4. The van der Waals surface area contributed by atoms with Gasteiger partial charge in [-0.25, -0.2) is 4.98 Å². The largest absolute Gasteiger partial charge is 0.326 e. The number of benzene rings is 1. The maximum absolute atomic E-state index is 13.0. The molecule has 0 fully saturated rings. The summed E-state index contributed by atoms with van der Waals surface area (Å²) < 4.78 is 2.66. The highest BCUT2D eigenvalue weighted by Crippen LogP contribution is 2.24. The fourth-order valence-electron chi connectivity index (χ4n) is 2.83. The van der Waals surface area contributed by atoms with Crippen molar-refractivity contribution < 1.29 is 9.59 Å². The second-order valence-electron chi connectivity index (χ2n) is 6.04. The van der Waals surface area contributed by atoms with Gasteiger partial charge in [0.25, 0.3) is 5.91 Å². The molecule has 0 aliphatic carbocycles. The predicted molar refractivity (Wildman–Crippen MR) is 106 cm³/mol. The van der Waals surface area contributed by atoms with Gasteiger partial charge in [0.05, 0.1) is 10.2 Å². The fraction of sp³-hybridized carbons (Fsp3) is 0.211. The number of pyridine rings is 1. The van der Waals surface area contributed by atoms with E-state index in [1.54, 1.807) is 24.3 Å². The summed E-state index contributed by atoms with van der Waals surface area (Å²) >= 11 is 3.52. The number of hydrogen-bond donors (Lipinski definition) is 2. The zero-order valence-corrected chi connectivity index (χ0v) is 16.3. The number of nitrogens with one attached hydrogen (secondary N) is 2. The molecule has 6 nitrogen and oxygen atoms in total. The molecule has 1 aromatic carbocycles. The van der Waals surface area contributed by atoms with Gasteiger partial charge in [-0.3, -0.25) is 14.0 Å². The molecule has 3 rings (SSSR count). The third-order valence-electron chi connectivity index (χ3n) is 3.87. The van der Waals surface area contributed by atoms with Gasteiger partial charge in [0, 0.05) is 24.5 Å². The molecular weight excluding hydrogens is 396 g/mol. The lowest BCUT2D eigenvalue weighted by molar-refractivity contribution is -0.114. The number of carbonyl (C=O) groups excluding carboxylic acids is 2. The van der Waals surface area contributed by atoms with Gasteiger partial charge in [-0.1, -0.05) is 13.0 Å². The Labute approximate surface area is 159 Å². The Hall–Kier alpha value is -2.67. The van der Waals surface area contributed by atoms with Crippen molar-refractivity contribution in [3.8, 4) is 0 Å². The molecule has 0 aliphatic heterocycles. The van der Waals surface area contributed by atoms with E-state index in [1.165, 1.54) is 6.92 Å². The van der Waals surface area contributed by atoms with E-state index < -0.39 is 0 Å². The van der Waals surface area contributed by atoms with Crippen molar-refractivity contribution >= 4 is 44.8 Å². The third kappa shape index (κ3) is 3.62. The van der Waals surface area contributed by atoms with Crippen molar-refractivity contribution in [1.82, 2.24) is 9.38 Å². The summed E-state index contributed by atoms with van der Waals surface area (Å²) in [5.74, 6) is -0.407. The molecule has 0 aliphatic rings. The highest BCUT2D eigenvalue weighted by Gasteiger charge is 2.20. The van der Waals surface area contributed by atoms with Crippen LogP contribution in [-0.2, 0) is 11.2 Å². The number of nitrogens with zero attached hydrogens (tertiary/aromatic N) is 2. The van der Waals surface area contributed by atoms with Crippen molar-refractivity contribution in [2.75, 3.05) is 10.6 Å². The van der Waals surface area contributed by atoms with Gasteiger partial charge in [0.15, 0.2) is 5.65 Å². The Morgan fingerprint density at radius 3 is 2.54 bits per heavy atom. The van der Waals surface area contributed by atoms with Crippen LogP contribution in [-0.4, -0.2) is 21.2 Å². The Morgan fingerprint density at radius 2 is 1.88 bits per heavy atom. The van der Waals surface area contributed by atoms with Crippen molar-refractivity contribution in [3.05, 3.63) is 58.0 Å². The summed E-state index contributed by atoms with van der Waals surface area (Å²) in [6.07, 6.45) is 2.54. The van der Waals surface area contributed by atoms with Crippen LogP contribution in [0.1, 0.15) is 35.6 Å². The van der Waals surface area contributed by atoms with Gasteiger partial charge in [-0.15, -0.1) is 0 Å². The van der Waals surface area contributed by atoms with Crippen LogP contribution < -0.4 is 10.6 Å². The van der Waals surface area contributed by atoms with Gasteiger partial charge >= 0.3 is 0 Å². The Bertz CT molecular complexity index is 1010. The summed E-state index contributed by atoms with van der Waals surface area (Å²) in [4.78, 5) is 28.8. The molecule has 3 aromatic rings. The number of halogens is 1. The lowest BCUT2D eigenvalue weighted by atomic mass is 10.2. The number of imidazole rings is 1. The van der Waals surface area contributed by atoms with Crippen LogP contribution in [0.4, 0.5) is 11.4 Å². The van der Waals surface area contributed by atoms with Gasteiger partial charge in [0.2, 0.25) is 5.91 Å². The summed E-state index contributed by atoms with van der Waals surface area (Å²) in [6, 6.07) is 9.01. The monoisotopic (exact) mass is 414 g/mol. The zero-order chi connectivity index (χ0) is 18.8. The number of carbonyl (C=O) groups is 2. The van der Waals surface area contributed by atoms with E-state index in [-0.39, 0.29) is 11.8 Å². The molecule has 0 radical (unpaired) electrons. The second kappa shape index (κ2) is 7.29. The molecule has 0 unspecified atom stereocenters. The van der Waals surface area contributed by atoms with E-state index in [0.29, 0.717) is 29.1 Å². The first kappa shape index (κ1) is 18.1. The highest BCUT2D eigenvalue weighted by atomic mass is 79.9. The normalized spacial score (nSPS) is 10.8. The molecule has 26 heavy (non-hydrogen) atoms. The van der Waals surface area contributed by atoms with Crippen LogP contribution in [0.3, 0.4) is 0 Å². The molecule has 2 heterocycles. The fourth-order valence-corrected chi connectivity index (χ4v) is 3.48. The van der Waals surface area contributed by atoms with Gasteiger partial charge in [-0.05, 0) is 59.1 Å². The van der Waals surface area contributed by atoms with Gasteiger partial charge < -0.3 is 10.6 Å². The first-order valence-corrected chi connectivity index (χ1v) is 9.04. The van der Waals surface area contributed by atoms with Crippen LogP contribution in [0.2, 0.25) is 0 Å². The molecular formula is C19H19BrN4O2. The van der Waals surface area contributed by atoms with E-state index in [1.807, 2.05) is 30.5 Å². The van der Waals surface area contributed by atoms with Crippen molar-refractivity contribution in [1.29, 1.82) is 0 Å². The lowest BCUT2D eigenvalue weighted by Gasteiger charge is -2.09.